The molecule has 0 aliphatic heterocycles. The largest absolute Gasteiger partial charge is 0.269 e. The lowest BCUT2D eigenvalue weighted by Gasteiger charge is -1.11. The number of hydrogen-bond donors (Lipinski definition) is 1. The first-order valence-corrected chi connectivity index (χ1v) is 1.34. The molecule has 0 aromatic rings. The predicted octanol–water partition coefficient (Wildman–Crippen LogP) is 0.623. The monoisotopic (exact) mass is 119 g/mol. The van der Waals surface area contributed by atoms with Crippen LogP contribution in [0.2, 0.25) is 0 Å². The van der Waals surface area contributed by atoms with Gasteiger partial charge in [0.1, 0.15) is 0 Å². The van der Waals surface area contributed by atoms with Gasteiger partial charge in [0.15, 0.2) is 0 Å². The number of hydrogen-bond acceptors (Lipinski definition) is 1. The Balaban J connectivity index is -0.000000000833. The Labute approximate surface area is 42.4 Å². The summed E-state index contributed by atoms with van der Waals surface area (Å²) in [6.45, 7) is 0. The number of rotatable bonds is 0. The topological polar surface area (TPSA) is 0 Å². The van der Waals surface area contributed by atoms with E-state index in [1.807, 2.05) is 0 Å². The van der Waals surface area contributed by atoms with Gasteiger partial charge in [-0.15, -0.1) is 0 Å². The zero-order chi connectivity index (χ0) is 2.00. The van der Waals surface area contributed by atoms with E-state index >= 15 is 0 Å². The first-order valence-electron chi connectivity index (χ1n) is 0.447. The molecule has 0 fully saturated rings. The predicted molar refractivity (Wildman–Crippen MR) is 28.2 cm³/mol. The standard InChI is InChI=1S/CH4S.B.3FH/c1-2;;;;/h2H,1H3;;3*1H. The van der Waals surface area contributed by atoms with Crippen molar-refractivity contribution < 1.29 is 14.1 Å². The Morgan fingerprint density at radius 2 is 0.833 bits per heavy atom. The lowest BCUT2D eigenvalue weighted by Crippen LogP contribution is -0.865. The smallest absolute Gasteiger partial charge is 0 e. The van der Waals surface area contributed by atoms with Crippen molar-refractivity contribution in [1.82, 2.24) is 0 Å². The van der Waals surface area contributed by atoms with Gasteiger partial charge in [0.05, 0.1) is 0 Å². The van der Waals surface area contributed by atoms with Crippen LogP contribution in [0, 0.1) is 0 Å². The van der Waals surface area contributed by atoms with Crippen LogP contribution in [0.25, 0.3) is 0 Å². The third kappa shape index (κ3) is 1030. The van der Waals surface area contributed by atoms with E-state index in [9.17, 15) is 0 Å². The summed E-state index contributed by atoms with van der Waals surface area (Å²) in [6, 6.07) is 0. The molecule has 0 saturated heterocycles. The highest BCUT2D eigenvalue weighted by atomic mass is 32.1. The fraction of sp³-hybridized carbons (Fsp3) is 1.00. The molecule has 0 aliphatic carbocycles. The molecule has 0 saturated carbocycles. The van der Waals surface area contributed by atoms with E-state index < -0.39 is 0 Å². The average molecular weight is 119 g/mol. The highest BCUT2D eigenvalue weighted by Crippen LogP contribution is 1.31. The summed E-state index contributed by atoms with van der Waals surface area (Å²) < 4.78 is 0. The van der Waals surface area contributed by atoms with Crippen LogP contribution < -0.4 is 0 Å². The number of thiol groups is 1. The molecule has 0 aromatic heterocycles. The van der Waals surface area contributed by atoms with Gasteiger partial charge in [-0.1, -0.05) is 0 Å². The second-order valence-corrected chi connectivity index (χ2v) is 0. The maximum atomic E-state index is 3.53. The molecule has 6 heavy (non-hydrogen) atoms. The van der Waals surface area contributed by atoms with Gasteiger partial charge in [0, 0.05) is 8.41 Å². The third-order valence-corrected chi connectivity index (χ3v) is 0. The summed E-state index contributed by atoms with van der Waals surface area (Å²) in [7, 11) is 0. The van der Waals surface area contributed by atoms with Crippen molar-refractivity contribution in [2.75, 3.05) is 6.26 Å². The molecule has 0 heterocycles. The first-order chi connectivity index (χ1) is 1.00. The van der Waals surface area contributed by atoms with Gasteiger partial charge in [-0.25, -0.2) is 0 Å². The zero-order valence-electron chi connectivity index (χ0n) is 3.25. The Morgan fingerprint density at radius 3 is 0.833 bits per heavy atom. The minimum Gasteiger partial charge on any atom is -0.269 e. The summed E-state index contributed by atoms with van der Waals surface area (Å²) in [5.41, 5.74) is 0. The van der Waals surface area contributed by atoms with Crippen molar-refractivity contribution in [2.45, 2.75) is 0 Å². The lowest BCUT2D eigenvalue weighted by molar-refractivity contribution is 1.11. The van der Waals surface area contributed by atoms with Crippen molar-refractivity contribution in [1.29, 1.82) is 0 Å². The average Bonchev–Trinajstić information content (AvgIpc) is 1.00. The summed E-state index contributed by atoms with van der Waals surface area (Å²) in [5, 5.41) is 0. The summed E-state index contributed by atoms with van der Waals surface area (Å²) in [4.78, 5) is 0. The second kappa shape index (κ2) is 2190. The molecule has 0 nitrogen and oxygen atoms in total. The second-order valence-electron chi connectivity index (χ2n) is 0. The van der Waals surface area contributed by atoms with Crippen LogP contribution in [-0.4, -0.2) is 14.7 Å². The van der Waals surface area contributed by atoms with Gasteiger partial charge in [0.25, 0.3) is 0 Å². The first kappa shape index (κ1) is 116. The maximum absolute atomic E-state index is 3.53. The minimum atomic E-state index is 0. The number of halogens is 3. The van der Waals surface area contributed by atoms with E-state index in [-0.39, 0.29) is 22.5 Å². The summed E-state index contributed by atoms with van der Waals surface area (Å²) in [5.74, 6) is 0. The Hall–Kier alpha value is 0.205. The van der Waals surface area contributed by atoms with Crippen LogP contribution in [0.3, 0.4) is 0 Å². The van der Waals surface area contributed by atoms with Crippen molar-refractivity contribution in [3.05, 3.63) is 0 Å². The van der Waals surface area contributed by atoms with Crippen LogP contribution in [0.15, 0.2) is 0 Å². The molecule has 0 aliphatic rings. The van der Waals surface area contributed by atoms with Crippen molar-refractivity contribution in [3.63, 3.8) is 0 Å². The normalized spacial score (nSPS) is 1.00. The SMILES string of the molecule is CS.F.F.F.[B]. The van der Waals surface area contributed by atoms with Crippen LogP contribution in [0.5, 0.6) is 0 Å². The molecule has 3 radical (unpaired) electrons. The molecule has 0 rings (SSSR count). The maximum Gasteiger partial charge on any atom is 0 e. The van der Waals surface area contributed by atoms with E-state index in [1.165, 1.54) is 0 Å². The Kier molecular flexibility index (Phi) is 42300. The van der Waals surface area contributed by atoms with E-state index in [0.29, 0.717) is 0 Å². The fourth-order valence-electron chi connectivity index (χ4n) is 0. The van der Waals surface area contributed by atoms with Crippen LogP contribution >= 0.6 is 12.6 Å². The van der Waals surface area contributed by atoms with Crippen molar-refractivity contribution in [3.8, 4) is 0 Å². The molecule has 41 valence electrons. The molecule has 0 unspecified atom stereocenters. The van der Waals surface area contributed by atoms with Crippen LogP contribution in [-0.2, 0) is 0 Å². The van der Waals surface area contributed by atoms with Gasteiger partial charge in [-0.05, 0) is 6.26 Å². The highest BCUT2D eigenvalue weighted by Gasteiger charge is 0.901. The van der Waals surface area contributed by atoms with Gasteiger partial charge < -0.3 is 0 Å². The van der Waals surface area contributed by atoms with E-state index in [1.54, 1.807) is 6.26 Å². The Morgan fingerprint density at radius 1 is 0.833 bits per heavy atom. The molecule has 0 atom stereocenters. The lowest BCUT2D eigenvalue weighted by atomic mass is 10.8. The van der Waals surface area contributed by atoms with Gasteiger partial charge in [0.2, 0.25) is 0 Å². The summed E-state index contributed by atoms with van der Waals surface area (Å²) in [6.07, 6.45) is 1.69. The van der Waals surface area contributed by atoms with E-state index in [2.05, 4.69) is 12.6 Å². The fourth-order valence-corrected chi connectivity index (χ4v) is 0. The summed E-state index contributed by atoms with van der Waals surface area (Å²) >= 11 is 3.53. The quantitative estimate of drug-likeness (QED) is 0.350. The van der Waals surface area contributed by atoms with Gasteiger partial charge in [-0.2, -0.15) is 12.6 Å². The molecular weight excluding hydrogens is 112 g/mol. The van der Waals surface area contributed by atoms with Crippen molar-refractivity contribution in [2.24, 2.45) is 0 Å². The van der Waals surface area contributed by atoms with Crippen molar-refractivity contribution >= 4 is 21.0 Å². The van der Waals surface area contributed by atoms with Gasteiger partial charge >= 0.3 is 0 Å². The highest BCUT2D eigenvalue weighted by molar-refractivity contribution is 7.79. The van der Waals surface area contributed by atoms with E-state index in [4.69, 9.17) is 0 Å². The molecule has 0 bridgehead atoms. The zero-order valence-corrected chi connectivity index (χ0v) is 4.14. The van der Waals surface area contributed by atoms with Gasteiger partial charge in [-0.3, -0.25) is 14.1 Å². The molecule has 0 N–H and O–H groups in total. The van der Waals surface area contributed by atoms with E-state index in [0.717, 1.165) is 0 Å². The molecule has 0 aromatic carbocycles. The molecule has 0 spiro atoms. The Bertz CT molecular complexity index is 10.8. The minimum absolute atomic E-state index is 0. The third-order valence-electron chi connectivity index (χ3n) is 0. The molecule has 5 heteroatoms. The van der Waals surface area contributed by atoms with Crippen LogP contribution in [0.1, 0.15) is 0 Å². The molecule has 0 amide bonds. The van der Waals surface area contributed by atoms with Crippen LogP contribution in [0.4, 0.5) is 14.1 Å². The molecular formula is CH7BF3S.